The highest BCUT2D eigenvalue weighted by Crippen LogP contribution is 2.45. The molecule has 0 aliphatic carbocycles. The minimum absolute atomic E-state index is 0.0741. The van der Waals surface area contributed by atoms with Gasteiger partial charge < -0.3 is 19.4 Å². The Morgan fingerprint density at radius 1 is 1.14 bits per heavy atom. The van der Waals surface area contributed by atoms with Gasteiger partial charge in [0.25, 0.3) is 0 Å². The molecular weight excluding hydrogens is 461 g/mol. The standard InChI is InChI=1S/C26H30FN7O2/c1-7-34-22(17-11-28-15(2)29-12-17)33-21-20(30-14-31-23(21)34)16-8-9-19-18(10-16)26(5,24(32-19)35-6)36-13-25(3,4)27/h8-12,14,24,32H,7,13H2,1-6H3. The van der Waals surface area contributed by atoms with Crippen LogP contribution in [0.5, 0.6) is 0 Å². The summed E-state index contributed by atoms with van der Waals surface area (Å²) in [5, 5.41) is 3.34. The molecule has 5 rings (SSSR count). The molecule has 0 radical (unpaired) electrons. The number of ether oxygens (including phenoxy) is 2. The average molecular weight is 492 g/mol. The smallest absolute Gasteiger partial charge is 0.164 e. The zero-order valence-corrected chi connectivity index (χ0v) is 21.3. The summed E-state index contributed by atoms with van der Waals surface area (Å²) >= 11 is 0. The van der Waals surface area contributed by atoms with Crippen LogP contribution < -0.4 is 5.32 Å². The summed E-state index contributed by atoms with van der Waals surface area (Å²) in [6.45, 7) is 9.39. The van der Waals surface area contributed by atoms with Gasteiger partial charge in [-0.25, -0.2) is 29.3 Å². The van der Waals surface area contributed by atoms with Crippen molar-refractivity contribution in [3.05, 3.63) is 48.3 Å². The van der Waals surface area contributed by atoms with Crippen LogP contribution in [0.2, 0.25) is 0 Å². The minimum atomic E-state index is -1.48. The van der Waals surface area contributed by atoms with Crippen LogP contribution in [-0.4, -0.2) is 55.1 Å². The molecule has 1 aliphatic heterocycles. The number of alkyl halides is 1. The highest BCUT2D eigenvalue weighted by molar-refractivity contribution is 5.90. The molecule has 0 spiro atoms. The van der Waals surface area contributed by atoms with E-state index in [0.717, 1.165) is 33.8 Å². The quantitative estimate of drug-likeness (QED) is 0.399. The van der Waals surface area contributed by atoms with Gasteiger partial charge in [0.2, 0.25) is 0 Å². The molecule has 4 aromatic rings. The van der Waals surface area contributed by atoms with Crippen molar-refractivity contribution in [1.82, 2.24) is 29.5 Å². The number of hydrogen-bond donors (Lipinski definition) is 1. The van der Waals surface area contributed by atoms with Crippen molar-refractivity contribution < 1.29 is 13.9 Å². The van der Waals surface area contributed by atoms with Crippen LogP contribution in [-0.2, 0) is 21.6 Å². The molecule has 0 saturated heterocycles. The molecule has 2 unspecified atom stereocenters. The van der Waals surface area contributed by atoms with Crippen LogP contribution >= 0.6 is 0 Å². The fraction of sp³-hybridized carbons (Fsp3) is 0.423. The van der Waals surface area contributed by atoms with Crippen LogP contribution in [0, 0.1) is 6.92 Å². The van der Waals surface area contributed by atoms with Crippen LogP contribution in [0.1, 0.15) is 39.1 Å². The number of nitrogens with one attached hydrogen (secondary N) is 1. The highest BCUT2D eigenvalue weighted by atomic mass is 19.1. The maximum atomic E-state index is 14.4. The lowest BCUT2D eigenvalue weighted by atomic mass is 9.93. The third kappa shape index (κ3) is 4.10. The van der Waals surface area contributed by atoms with Crippen molar-refractivity contribution in [2.75, 3.05) is 19.0 Å². The first-order chi connectivity index (χ1) is 17.1. The van der Waals surface area contributed by atoms with Gasteiger partial charge in [0.05, 0.1) is 12.2 Å². The SMILES string of the molecule is CCn1c(-c2cnc(C)nc2)nc2c(-c3ccc4c(c3)C(C)(OCC(C)(C)F)C(OC)N4)ncnc21. The van der Waals surface area contributed by atoms with E-state index in [2.05, 4.69) is 25.3 Å². The maximum absolute atomic E-state index is 14.4. The number of hydrogen-bond acceptors (Lipinski definition) is 8. The molecule has 0 fully saturated rings. The van der Waals surface area contributed by atoms with E-state index in [0.29, 0.717) is 23.6 Å². The first-order valence-corrected chi connectivity index (χ1v) is 11.9. The first-order valence-electron chi connectivity index (χ1n) is 11.9. The van der Waals surface area contributed by atoms with Gasteiger partial charge in [-0.05, 0) is 46.8 Å². The molecule has 0 saturated carbocycles. The first kappa shape index (κ1) is 24.2. The molecule has 4 heterocycles. The predicted molar refractivity (Wildman–Crippen MR) is 135 cm³/mol. The number of aromatic nitrogens is 6. The van der Waals surface area contributed by atoms with Gasteiger partial charge in [0.1, 0.15) is 40.5 Å². The van der Waals surface area contributed by atoms with Crippen molar-refractivity contribution in [2.45, 2.75) is 58.7 Å². The Kier molecular flexibility index (Phi) is 5.96. The molecule has 1 aliphatic rings. The fourth-order valence-electron chi connectivity index (χ4n) is 4.58. The summed E-state index contributed by atoms with van der Waals surface area (Å²) in [5.74, 6) is 1.43. The lowest BCUT2D eigenvalue weighted by Gasteiger charge is -2.33. The number of imidazole rings is 1. The average Bonchev–Trinajstić information content (AvgIpc) is 3.37. The number of aryl methyl sites for hydroxylation is 2. The highest BCUT2D eigenvalue weighted by Gasteiger charge is 2.46. The Balaban J connectivity index is 1.63. The second-order valence-electron chi connectivity index (χ2n) is 9.73. The number of methoxy groups -OCH3 is 1. The van der Waals surface area contributed by atoms with E-state index in [-0.39, 0.29) is 6.61 Å². The van der Waals surface area contributed by atoms with Crippen LogP contribution in [0.3, 0.4) is 0 Å². The van der Waals surface area contributed by atoms with Gasteiger partial charge in [0.15, 0.2) is 11.9 Å². The van der Waals surface area contributed by atoms with E-state index in [9.17, 15) is 4.39 Å². The normalized spacial score (nSPS) is 19.5. The van der Waals surface area contributed by atoms with Crippen LogP contribution in [0.15, 0.2) is 36.9 Å². The Hall–Kier alpha value is -3.50. The molecule has 10 heteroatoms. The molecule has 3 aromatic heterocycles. The van der Waals surface area contributed by atoms with Crippen LogP contribution in [0.25, 0.3) is 33.8 Å². The zero-order valence-electron chi connectivity index (χ0n) is 21.3. The van der Waals surface area contributed by atoms with Gasteiger partial charge in [-0.3, -0.25) is 0 Å². The molecule has 1 N–H and O–H groups in total. The Morgan fingerprint density at radius 2 is 1.89 bits per heavy atom. The van der Waals surface area contributed by atoms with E-state index in [4.69, 9.17) is 14.5 Å². The zero-order chi connectivity index (χ0) is 25.7. The monoisotopic (exact) mass is 491 g/mol. The van der Waals surface area contributed by atoms with Crippen molar-refractivity contribution in [1.29, 1.82) is 0 Å². The number of anilines is 1. The summed E-state index contributed by atoms with van der Waals surface area (Å²) in [7, 11) is 1.61. The minimum Gasteiger partial charge on any atom is -0.362 e. The van der Waals surface area contributed by atoms with Crippen molar-refractivity contribution in [3.63, 3.8) is 0 Å². The summed E-state index contributed by atoms with van der Waals surface area (Å²) in [6, 6.07) is 5.95. The third-order valence-electron chi connectivity index (χ3n) is 6.45. The Labute approximate surface area is 209 Å². The molecule has 2 atom stereocenters. The third-order valence-corrected chi connectivity index (χ3v) is 6.45. The lowest BCUT2D eigenvalue weighted by Crippen LogP contribution is -2.42. The number of rotatable bonds is 7. The molecule has 9 nitrogen and oxygen atoms in total. The van der Waals surface area contributed by atoms with E-state index in [1.54, 1.807) is 25.8 Å². The Bertz CT molecular complexity index is 1410. The van der Waals surface area contributed by atoms with Crippen molar-refractivity contribution in [3.8, 4) is 22.6 Å². The molecule has 36 heavy (non-hydrogen) atoms. The molecule has 188 valence electrons. The number of halogens is 1. The molecule has 0 amide bonds. The van der Waals surface area contributed by atoms with Gasteiger partial charge in [-0.15, -0.1) is 0 Å². The summed E-state index contributed by atoms with van der Waals surface area (Å²) < 4.78 is 28.2. The number of nitrogens with zero attached hydrogens (tertiary/aromatic N) is 6. The predicted octanol–water partition coefficient (Wildman–Crippen LogP) is 4.66. The fourth-order valence-corrected chi connectivity index (χ4v) is 4.58. The van der Waals surface area contributed by atoms with Gasteiger partial charge in [-0.1, -0.05) is 6.07 Å². The van der Waals surface area contributed by atoms with Gasteiger partial charge in [0, 0.05) is 42.9 Å². The van der Waals surface area contributed by atoms with Crippen molar-refractivity contribution in [2.24, 2.45) is 0 Å². The largest absolute Gasteiger partial charge is 0.362 e. The topological polar surface area (TPSA) is 99.9 Å². The number of fused-ring (bicyclic) bond motifs is 2. The number of benzene rings is 1. The van der Waals surface area contributed by atoms with E-state index in [1.807, 2.05) is 43.5 Å². The molecular formula is C26H30FN7O2. The van der Waals surface area contributed by atoms with Crippen molar-refractivity contribution >= 4 is 16.9 Å². The van der Waals surface area contributed by atoms with Gasteiger partial charge in [-0.2, -0.15) is 0 Å². The maximum Gasteiger partial charge on any atom is 0.164 e. The second-order valence-corrected chi connectivity index (χ2v) is 9.73. The van der Waals surface area contributed by atoms with E-state index in [1.165, 1.54) is 13.8 Å². The lowest BCUT2D eigenvalue weighted by molar-refractivity contribution is -0.135. The summed E-state index contributed by atoms with van der Waals surface area (Å²) in [5.41, 5.74) is 3.10. The summed E-state index contributed by atoms with van der Waals surface area (Å²) in [6.07, 6.45) is 4.61. The van der Waals surface area contributed by atoms with Gasteiger partial charge >= 0.3 is 0 Å². The van der Waals surface area contributed by atoms with E-state index < -0.39 is 17.5 Å². The Morgan fingerprint density at radius 3 is 2.56 bits per heavy atom. The van der Waals surface area contributed by atoms with E-state index >= 15 is 0 Å². The van der Waals surface area contributed by atoms with Crippen LogP contribution in [0.4, 0.5) is 10.1 Å². The molecule has 1 aromatic carbocycles. The summed E-state index contributed by atoms with van der Waals surface area (Å²) in [4.78, 5) is 22.7. The second kappa shape index (κ2) is 8.86. The molecule has 0 bridgehead atoms.